The van der Waals surface area contributed by atoms with Crippen LogP contribution in [0.4, 0.5) is 0 Å². The van der Waals surface area contributed by atoms with Gasteiger partial charge in [-0.1, -0.05) is 17.3 Å². The Balaban J connectivity index is 1.25. The fourth-order valence-corrected chi connectivity index (χ4v) is 4.26. The highest BCUT2D eigenvalue weighted by Crippen LogP contribution is 2.27. The molecule has 2 aromatic heterocycles. The average molecular weight is 438 g/mol. The van der Waals surface area contributed by atoms with Crippen LogP contribution in [0.1, 0.15) is 53.0 Å². The van der Waals surface area contributed by atoms with Gasteiger partial charge in [0, 0.05) is 38.7 Å². The van der Waals surface area contributed by atoms with Gasteiger partial charge in [0.1, 0.15) is 5.75 Å². The van der Waals surface area contributed by atoms with E-state index in [4.69, 9.17) is 9.26 Å². The van der Waals surface area contributed by atoms with Crippen molar-refractivity contribution in [2.45, 2.75) is 52.4 Å². The molecule has 0 spiro atoms. The summed E-state index contributed by atoms with van der Waals surface area (Å²) in [5, 5.41) is 8.54. The maximum absolute atomic E-state index is 12.7. The zero-order chi connectivity index (χ0) is 22.7. The van der Waals surface area contributed by atoms with E-state index in [2.05, 4.69) is 15.2 Å². The molecule has 3 heterocycles. The Morgan fingerprint density at radius 3 is 2.84 bits per heavy atom. The summed E-state index contributed by atoms with van der Waals surface area (Å²) in [5.74, 6) is 2.36. The molecular weight excluding hydrogens is 406 g/mol. The number of aromatic nitrogens is 4. The summed E-state index contributed by atoms with van der Waals surface area (Å²) in [7, 11) is 1.94. The van der Waals surface area contributed by atoms with Gasteiger partial charge in [0.2, 0.25) is 11.8 Å². The van der Waals surface area contributed by atoms with E-state index in [1.54, 1.807) is 0 Å². The maximum Gasteiger partial charge on any atom is 0.231 e. The minimum absolute atomic E-state index is 0.0970. The number of amides is 1. The van der Waals surface area contributed by atoms with Gasteiger partial charge in [-0.25, -0.2) is 0 Å². The summed E-state index contributed by atoms with van der Waals surface area (Å²) < 4.78 is 13.1. The van der Waals surface area contributed by atoms with Crippen LogP contribution < -0.4 is 4.74 Å². The summed E-state index contributed by atoms with van der Waals surface area (Å²) >= 11 is 0. The molecule has 1 unspecified atom stereocenters. The molecule has 8 nitrogen and oxygen atoms in total. The first-order chi connectivity index (χ1) is 15.4. The number of hydrogen-bond donors (Lipinski definition) is 0. The molecule has 1 aromatic carbocycles. The van der Waals surface area contributed by atoms with E-state index in [1.807, 2.05) is 61.7 Å². The van der Waals surface area contributed by atoms with E-state index in [1.165, 1.54) is 5.56 Å². The van der Waals surface area contributed by atoms with Crippen LogP contribution in [0, 0.1) is 20.8 Å². The monoisotopic (exact) mass is 437 g/mol. The van der Waals surface area contributed by atoms with Crippen LogP contribution in [-0.4, -0.2) is 50.4 Å². The molecule has 1 fully saturated rings. The van der Waals surface area contributed by atoms with Crippen LogP contribution in [0.2, 0.25) is 0 Å². The van der Waals surface area contributed by atoms with Gasteiger partial charge < -0.3 is 14.2 Å². The number of carbonyl (C=O) groups is 1. The predicted octanol–water partition coefficient (Wildman–Crippen LogP) is 3.30. The Morgan fingerprint density at radius 1 is 1.25 bits per heavy atom. The number of rotatable bonds is 8. The fourth-order valence-electron chi connectivity index (χ4n) is 4.26. The molecule has 0 N–H and O–H groups in total. The van der Waals surface area contributed by atoms with Crippen LogP contribution >= 0.6 is 0 Å². The Kier molecular flexibility index (Phi) is 6.58. The molecule has 3 aromatic rings. The highest BCUT2D eigenvalue weighted by molar-refractivity contribution is 5.77. The van der Waals surface area contributed by atoms with Crippen molar-refractivity contribution in [1.29, 1.82) is 0 Å². The van der Waals surface area contributed by atoms with Crippen LogP contribution in [0.3, 0.4) is 0 Å². The van der Waals surface area contributed by atoms with Gasteiger partial charge >= 0.3 is 0 Å². The number of aryl methyl sites for hydroxylation is 3. The van der Waals surface area contributed by atoms with Crippen molar-refractivity contribution in [1.82, 2.24) is 24.8 Å². The Hall–Kier alpha value is -3.16. The van der Waals surface area contributed by atoms with Gasteiger partial charge in [-0.15, -0.1) is 0 Å². The molecule has 1 saturated heterocycles. The normalized spacial score (nSPS) is 16.0. The Labute approximate surface area is 188 Å². The zero-order valence-corrected chi connectivity index (χ0v) is 19.3. The third-order valence-electron chi connectivity index (χ3n) is 6.21. The smallest absolute Gasteiger partial charge is 0.231 e. The summed E-state index contributed by atoms with van der Waals surface area (Å²) in [6.45, 7) is 7.93. The number of nitrogens with zero attached hydrogens (tertiary/aromatic N) is 5. The lowest BCUT2D eigenvalue weighted by Crippen LogP contribution is -2.28. The lowest BCUT2D eigenvalue weighted by Gasteiger charge is -2.15. The topological polar surface area (TPSA) is 86.3 Å². The van der Waals surface area contributed by atoms with Crippen molar-refractivity contribution in [2.75, 3.05) is 19.7 Å². The number of carbonyl (C=O) groups excluding carboxylic acids is 1. The van der Waals surface area contributed by atoms with Crippen molar-refractivity contribution in [3.05, 3.63) is 58.5 Å². The Morgan fingerprint density at radius 2 is 2.09 bits per heavy atom. The molecule has 1 aliphatic rings. The van der Waals surface area contributed by atoms with Gasteiger partial charge in [0.15, 0.2) is 5.82 Å². The second-order valence-corrected chi connectivity index (χ2v) is 8.56. The first-order valence-electron chi connectivity index (χ1n) is 11.2. The third kappa shape index (κ3) is 5.00. The average Bonchev–Trinajstić information content (AvgIpc) is 3.47. The molecule has 170 valence electrons. The molecule has 4 rings (SSSR count). The first-order valence-corrected chi connectivity index (χ1v) is 11.2. The first kappa shape index (κ1) is 22.0. The van der Waals surface area contributed by atoms with E-state index in [0.29, 0.717) is 37.7 Å². The SMILES string of the molecule is Cc1cccc(OCCc2noc(C3CCN(C(=O)CCc4c(C)nn(C)c4C)C3)n2)c1. The van der Waals surface area contributed by atoms with Gasteiger partial charge in [0.25, 0.3) is 0 Å². The second kappa shape index (κ2) is 9.54. The van der Waals surface area contributed by atoms with Crippen molar-refractivity contribution in [3.8, 4) is 5.75 Å². The lowest BCUT2D eigenvalue weighted by molar-refractivity contribution is -0.130. The summed E-state index contributed by atoms with van der Waals surface area (Å²) in [6.07, 6.45) is 2.64. The molecule has 0 aliphatic carbocycles. The molecule has 1 atom stereocenters. The highest BCUT2D eigenvalue weighted by Gasteiger charge is 2.31. The largest absolute Gasteiger partial charge is 0.493 e. The van der Waals surface area contributed by atoms with Crippen molar-refractivity contribution >= 4 is 5.91 Å². The van der Waals surface area contributed by atoms with Crippen LogP contribution in [0.15, 0.2) is 28.8 Å². The summed E-state index contributed by atoms with van der Waals surface area (Å²) in [4.78, 5) is 19.2. The van der Waals surface area contributed by atoms with Crippen LogP contribution in [0.25, 0.3) is 0 Å². The molecule has 1 aliphatic heterocycles. The lowest BCUT2D eigenvalue weighted by atomic mass is 10.1. The number of likely N-dealkylation sites (tertiary alicyclic amines) is 1. The molecular formula is C24H31N5O3. The molecule has 1 amide bonds. The second-order valence-electron chi connectivity index (χ2n) is 8.56. The van der Waals surface area contributed by atoms with Gasteiger partial charge in [-0.05, 0) is 56.9 Å². The van der Waals surface area contributed by atoms with Gasteiger partial charge in [-0.3, -0.25) is 9.48 Å². The molecule has 0 bridgehead atoms. The third-order valence-corrected chi connectivity index (χ3v) is 6.21. The Bertz CT molecular complexity index is 1090. The van der Waals surface area contributed by atoms with Gasteiger partial charge in [-0.2, -0.15) is 10.1 Å². The molecule has 0 radical (unpaired) electrons. The number of benzene rings is 1. The molecule has 32 heavy (non-hydrogen) atoms. The van der Waals surface area contributed by atoms with Gasteiger partial charge in [0.05, 0.1) is 18.2 Å². The standard InChI is InChI=1S/C24H31N5O3/c1-16-6-5-7-20(14-16)31-13-11-22-25-24(32-27-22)19-10-12-29(15-19)23(30)9-8-21-17(2)26-28(4)18(21)3/h5-7,14,19H,8-13,15H2,1-4H3. The van der Waals surface area contributed by atoms with E-state index in [-0.39, 0.29) is 11.8 Å². The number of hydrogen-bond acceptors (Lipinski definition) is 6. The minimum atomic E-state index is 0.0970. The number of ether oxygens (including phenoxy) is 1. The van der Waals surface area contributed by atoms with E-state index >= 15 is 0 Å². The van der Waals surface area contributed by atoms with Crippen molar-refractivity contribution in [3.63, 3.8) is 0 Å². The van der Waals surface area contributed by atoms with Crippen LogP contribution in [-0.2, 0) is 24.7 Å². The van der Waals surface area contributed by atoms with Crippen molar-refractivity contribution in [2.24, 2.45) is 7.05 Å². The summed E-state index contributed by atoms with van der Waals surface area (Å²) in [6, 6.07) is 7.96. The van der Waals surface area contributed by atoms with E-state index in [0.717, 1.165) is 42.1 Å². The fraction of sp³-hybridized carbons (Fsp3) is 0.500. The maximum atomic E-state index is 12.7. The highest BCUT2D eigenvalue weighted by atomic mass is 16.5. The minimum Gasteiger partial charge on any atom is -0.493 e. The summed E-state index contributed by atoms with van der Waals surface area (Å²) in [5.41, 5.74) is 4.46. The predicted molar refractivity (Wildman–Crippen MR) is 120 cm³/mol. The molecule has 0 saturated carbocycles. The van der Waals surface area contributed by atoms with Crippen LogP contribution in [0.5, 0.6) is 5.75 Å². The van der Waals surface area contributed by atoms with E-state index < -0.39 is 0 Å². The zero-order valence-electron chi connectivity index (χ0n) is 19.3. The van der Waals surface area contributed by atoms with Crippen molar-refractivity contribution < 1.29 is 14.1 Å². The molecule has 8 heteroatoms. The quantitative estimate of drug-likeness (QED) is 0.537. The van der Waals surface area contributed by atoms with E-state index in [9.17, 15) is 4.79 Å².